The minimum Gasteiger partial charge on any atom is -0.477 e. The fourth-order valence-electron chi connectivity index (χ4n) is 1.97. The molecule has 0 spiro atoms. The van der Waals surface area contributed by atoms with Crippen molar-refractivity contribution in [3.8, 4) is 0 Å². The van der Waals surface area contributed by atoms with Gasteiger partial charge in [-0.3, -0.25) is 9.36 Å². The van der Waals surface area contributed by atoms with Gasteiger partial charge < -0.3 is 5.11 Å². The van der Waals surface area contributed by atoms with Gasteiger partial charge in [-0.15, -0.1) is 0 Å². The number of nitrogens with zero attached hydrogens (tertiary/aromatic N) is 2. The molecular weight excluding hydrogens is 196 g/mol. The zero-order valence-electron chi connectivity index (χ0n) is 8.43. The summed E-state index contributed by atoms with van der Waals surface area (Å²) in [6.07, 6.45) is 3.81. The first-order chi connectivity index (χ1) is 7.11. The highest BCUT2D eigenvalue weighted by Gasteiger charge is 2.21. The normalized spacial score (nSPS) is 19.7. The zero-order chi connectivity index (χ0) is 11.0. The van der Waals surface area contributed by atoms with Crippen LogP contribution < -0.4 is 5.56 Å². The van der Waals surface area contributed by atoms with E-state index in [0.29, 0.717) is 5.82 Å². The number of carboxylic acids is 1. The van der Waals surface area contributed by atoms with Gasteiger partial charge in [0.1, 0.15) is 11.4 Å². The summed E-state index contributed by atoms with van der Waals surface area (Å²) in [5, 5.41) is 8.80. The first kappa shape index (κ1) is 9.89. The van der Waals surface area contributed by atoms with Gasteiger partial charge >= 0.3 is 5.97 Å². The van der Waals surface area contributed by atoms with E-state index in [-0.39, 0.29) is 11.6 Å². The zero-order valence-corrected chi connectivity index (χ0v) is 8.43. The maximum Gasteiger partial charge on any atom is 0.342 e. The molecule has 0 bridgehead atoms. The van der Waals surface area contributed by atoms with Crippen molar-refractivity contribution in [2.75, 3.05) is 0 Å². The molecule has 5 heteroatoms. The molecule has 1 atom stereocenters. The van der Waals surface area contributed by atoms with Crippen molar-refractivity contribution in [1.82, 2.24) is 9.55 Å². The van der Waals surface area contributed by atoms with E-state index < -0.39 is 11.5 Å². The predicted octanol–water partition coefficient (Wildman–Crippen LogP) is 0.839. The quantitative estimate of drug-likeness (QED) is 0.742. The van der Waals surface area contributed by atoms with Crippen LogP contribution in [0.1, 0.15) is 42.0 Å². The van der Waals surface area contributed by atoms with E-state index in [2.05, 4.69) is 4.98 Å². The number of aromatic carboxylic acids is 1. The maximum atomic E-state index is 11.8. The molecule has 5 nitrogen and oxygen atoms in total. The number of carbonyl (C=O) groups is 1. The second kappa shape index (κ2) is 3.49. The lowest BCUT2D eigenvalue weighted by Crippen LogP contribution is -2.34. The molecule has 1 N–H and O–H groups in total. The third-order valence-electron chi connectivity index (χ3n) is 2.76. The Kier molecular flexibility index (Phi) is 2.30. The number of hydrogen-bond acceptors (Lipinski definition) is 3. The minimum atomic E-state index is -1.21. The fourth-order valence-corrected chi connectivity index (χ4v) is 1.97. The highest BCUT2D eigenvalue weighted by atomic mass is 16.4. The Hall–Kier alpha value is -1.65. The Morgan fingerprint density at radius 2 is 2.40 bits per heavy atom. The molecular formula is C10H12N2O3. The second-order valence-electron chi connectivity index (χ2n) is 3.81. The highest BCUT2D eigenvalue weighted by Crippen LogP contribution is 2.20. The van der Waals surface area contributed by atoms with Crippen LogP contribution in [0.4, 0.5) is 0 Å². The Balaban J connectivity index is 2.65. The summed E-state index contributed by atoms with van der Waals surface area (Å²) in [5.74, 6) is -0.510. The van der Waals surface area contributed by atoms with E-state index in [0.717, 1.165) is 25.5 Å². The molecule has 15 heavy (non-hydrogen) atoms. The third-order valence-corrected chi connectivity index (χ3v) is 2.76. The number of rotatable bonds is 1. The lowest BCUT2D eigenvalue weighted by atomic mass is 10.1. The molecule has 0 amide bonds. The van der Waals surface area contributed by atoms with E-state index in [9.17, 15) is 9.59 Å². The summed E-state index contributed by atoms with van der Waals surface area (Å²) in [4.78, 5) is 26.6. The van der Waals surface area contributed by atoms with Gasteiger partial charge in [0, 0.05) is 18.7 Å². The molecule has 1 aliphatic heterocycles. The lowest BCUT2D eigenvalue weighted by molar-refractivity contribution is 0.0693. The summed E-state index contributed by atoms with van der Waals surface area (Å²) in [7, 11) is 0. The largest absolute Gasteiger partial charge is 0.477 e. The summed E-state index contributed by atoms with van der Waals surface area (Å²) in [6.45, 7) is 1.91. The van der Waals surface area contributed by atoms with Crippen LogP contribution in [-0.2, 0) is 6.42 Å². The topological polar surface area (TPSA) is 72.2 Å². The van der Waals surface area contributed by atoms with Crippen molar-refractivity contribution in [2.24, 2.45) is 0 Å². The van der Waals surface area contributed by atoms with Gasteiger partial charge in [-0.1, -0.05) is 0 Å². The van der Waals surface area contributed by atoms with Crippen molar-refractivity contribution in [2.45, 2.75) is 32.2 Å². The number of hydrogen-bond donors (Lipinski definition) is 1. The molecule has 0 aromatic carbocycles. The maximum absolute atomic E-state index is 11.8. The van der Waals surface area contributed by atoms with Crippen LogP contribution in [-0.4, -0.2) is 20.6 Å². The van der Waals surface area contributed by atoms with Crippen LogP contribution >= 0.6 is 0 Å². The van der Waals surface area contributed by atoms with Crippen molar-refractivity contribution in [3.05, 3.63) is 27.9 Å². The molecule has 0 unspecified atom stereocenters. The summed E-state index contributed by atoms with van der Waals surface area (Å²) in [6, 6.07) is 0.0491. The van der Waals surface area contributed by atoms with Gasteiger partial charge in [-0.05, 0) is 19.8 Å². The SMILES string of the molecule is C[C@H]1CCCc2ncc(C(=O)O)c(=O)n21. The molecule has 80 valence electrons. The molecule has 2 rings (SSSR count). The molecule has 1 aliphatic rings. The Bertz CT molecular complexity index is 464. The van der Waals surface area contributed by atoms with Gasteiger partial charge in [0.2, 0.25) is 0 Å². The van der Waals surface area contributed by atoms with Crippen LogP contribution in [0.15, 0.2) is 11.0 Å². The second-order valence-corrected chi connectivity index (χ2v) is 3.81. The lowest BCUT2D eigenvalue weighted by Gasteiger charge is -2.23. The molecule has 2 heterocycles. The van der Waals surface area contributed by atoms with Crippen LogP contribution in [0.3, 0.4) is 0 Å². The Morgan fingerprint density at radius 1 is 1.67 bits per heavy atom. The summed E-state index contributed by atoms with van der Waals surface area (Å²) in [5.41, 5.74) is -0.674. The van der Waals surface area contributed by atoms with Gasteiger partial charge in [0.25, 0.3) is 5.56 Å². The van der Waals surface area contributed by atoms with Gasteiger partial charge in [0.15, 0.2) is 0 Å². The van der Waals surface area contributed by atoms with Crippen LogP contribution in [0.5, 0.6) is 0 Å². The van der Waals surface area contributed by atoms with E-state index in [1.165, 1.54) is 4.57 Å². The number of aromatic nitrogens is 2. The standard InChI is InChI=1S/C10H12N2O3/c1-6-3-2-4-8-11-5-7(10(14)15)9(13)12(6)8/h5-6H,2-4H2,1H3,(H,14,15)/t6-/m0/s1. The van der Waals surface area contributed by atoms with Crippen LogP contribution in [0.25, 0.3) is 0 Å². The molecule has 0 radical (unpaired) electrons. The van der Waals surface area contributed by atoms with E-state index in [1.54, 1.807) is 0 Å². The molecule has 1 aromatic heterocycles. The van der Waals surface area contributed by atoms with Gasteiger partial charge in [0.05, 0.1) is 0 Å². The molecule has 0 fully saturated rings. The smallest absolute Gasteiger partial charge is 0.342 e. The van der Waals surface area contributed by atoms with E-state index in [4.69, 9.17) is 5.11 Å². The Morgan fingerprint density at radius 3 is 3.07 bits per heavy atom. The van der Waals surface area contributed by atoms with Crippen molar-refractivity contribution >= 4 is 5.97 Å². The van der Waals surface area contributed by atoms with Crippen molar-refractivity contribution in [3.63, 3.8) is 0 Å². The summed E-state index contributed by atoms with van der Waals surface area (Å²) < 4.78 is 1.51. The van der Waals surface area contributed by atoms with Gasteiger partial charge in [-0.25, -0.2) is 9.78 Å². The monoisotopic (exact) mass is 208 g/mol. The highest BCUT2D eigenvalue weighted by molar-refractivity contribution is 5.86. The average Bonchev–Trinajstić information content (AvgIpc) is 2.17. The number of aryl methyl sites for hydroxylation is 1. The third kappa shape index (κ3) is 1.54. The van der Waals surface area contributed by atoms with Crippen molar-refractivity contribution < 1.29 is 9.90 Å². The van der Waals surface area contributed by atoms with E-state index >= 15 is 0 Å². The van der Waals surface area contributed by atoms with Crippen molar-refractivity contribution in [1.29, 1.82) is 0 Å². The summed E-state index contributed by atoms with van der Waals surface area (Å²) >= 11 is 0. The number of fused-ring (bicyclic) bond motifs is 1. The molecule has 0 saturated heterocycles. The molecule has 1 aromatic rings. The Labute approximate surface area is 86.4 Å². The predicted molar refractivity (Wildman–Crippen MR) is 53.1 cm³/mol. The average molecular weight is 208 g/mol. The molecule has 0 saturated carbocycles. The fraction of sp³-hybridized carbons (Fsp3) is 0.500. The van der Waals surface area contributed by atoms with Crippen LogP contribution in [0, 0.1) is 0 Å². The first-order valence-corrected chi connectivity index (χ1v) is 4.95. The minimum absolute atomic E-state index is 0.0491. The molecule has 0 aliphatic carbocycles. The number of carboxylic acid groups (broad SMARTS) is 1. The van der Waals surface area contributed by atoms with E-state index in [1.807, 2.05) is 6.92 Å². The van der Waals surface area contributed by atoms with Gasteiger partial charge in [-0.2, -0.15) is 0 Å². The first-order valence-electron chi connectivity index (χ1n) is 4.95. The van der Waals surface area contributed by atoms with Crippen LogP contribution in [0.2, 0.25) is 0 Å².